The average molecular weight is 225 g/mol. The van der Waals surface area contributed by atoms with E-state index in [1.165, 1.54) is 5.56 Å². The van der Waals surface area contributed by atoms with Gasteiger partial charge < -0.3 is 14.5 Å². The summed E-state index contributed by atoms with van der Waals surface area (Å²) in [6.07, 6.45) is 7.16. The maximum absolute atomic E-state index is 5.27. The van der Waals surface area contributed by atoms with Gasteiger partial charge in [-0.2, -0.15) is 0 Å². The summed E-state index contributed by atoms with van der Waals surface area (Å²) in [5.74, 6) is 0. The minimum absolute atomic E-state index is 0.317. The minimum atomic E-state index is 0.317. The fourth-order valence-corrected chi connectivity index (χ4v) is 1.70. The number of rotatable bonds is 8. The monoisotopic (exact) mass is 225 g/mol. The molecule has 16 heavy (non-hydrogen) atoms. The van der Waals surface area contributed by atoms with E-state index in [0.717, 1.165) is 25.8 Å². The molecule has 0 aliphatic rings. The average Bonchev–Trinajstić information content (AvgIpc) is 2.82. The van der Waals surface area contributed by atoms with Gasteiger partial charge in [-0.15, -0.1) is 0 Å². The molecule has 0 saturated heterocycles. The summed E-state index contributed by atoms with van der Waals surface area (Å²) >= 11 is 0. The van der Waals surface area contributed by atoms with Crippen LogP contribution in [0.2, 0.25) is 0 Å². The molecular formula is C13H23NO2. The Bertz CT molecular complexity index is 259. The fraction of sp³-hybridized carbons (Fsp3) is 0.692. The van der Waals surface area contributed by atoms with Crippen LogP contribution in [0.4, 0.5) is 0 Å². The zero-order valence-electron chi connectivity index (χ0n) is 10.5. The van der Waals surface area contributed by atoms with Crippen molar-refractivity contribution in [2.24, 2.45) is 0 Å². The molecule has 0 aromatic carbocycles. The number of ether oxygens (including phenoxy) is 1. The summed E-state index contributed by atoms with van der Waals surface area (Å²) < 4.78 is 10.4. The smallest absolute Gasteiger partial charge is 0.0950 e. The number of hydrogen-bond acceptors (Lipinski definition) is 3. The number of methoxy groups -OCH3 is 1. The first-order valence-corrected chi connectivity index (χ1v) is 6.06. The Labute approximate surface area is 98.2 Å². The van der Waals surface area contributed by atoms with E-state index in [4.69, 9.17) is 9.15 Å². The highest BCUT2D eigenvalue weighted by atomic mass is 16.5. The Balaban J connectivity index is 2.44. The first-order chi connectivity index (χ1) is 7.77. The lowest BCUT2D eigenvalue weighted by Gasteiger charge is -2.18. The summed E-state index contributed by atoms with van der Waals surface area (Å²) in [7, 11) is 1.76. The summed E-state index contributed by atoms with van der Waals surface area (Å²) in [6.45, 7) is 5.32. The van der Waals surface area contributed by atoms with Crippen LogP contribution in [0.25, 0.3) is 0 Å². The van der Waals surface area contributed by atoms with Gasteiger partial charge in [0, 0.05) is 18.7 Å². The molecule has 0 saturated carbocycles. The molecule has 0 spiro atoms. The zero-order valence-corrected chi connectivity index (χ0v) is 10.5. The van der Waals surface area contributed by atoms with Gasteiger partial charge in [-0.1, -0.05) is 6.92 Å². The van der Waals surface area contributed by atoms with Crippen molar-refractivity contribution >= 4 is 0 Å². The fourth-order valence-electron chi connectivity index (χ4n) is 1.70. The van der Waals surface area contributed by atoms with E-state index in [1.54, 1.807) is 13.4 Å². The van der Waals surface area contributed by atoms with Crippen molar-refractivity contribution in [3.8, 4) is 0 Å². The van der Waals surface area contributed by atoms with Crippen LogP contribution in [0, 0.1) is 0 Å². The van der Waals surface area contributed by atoms with Gasteiger partial charge in [-0.3, -0.25) is 0 Å². The normalized spacial score (nSPS) is 14.9. The molecule has 1 heterocycles. The molecule has 3 heteroatoms. The van der Waals surface area contributed by atoms with Gasteiger partial charge in [-0.05, 0) is 38.8 Å². The summed E-state index contributed by atoms with van der Waals surface area (Å²) in [6, 6.07) is 2.42. The second-order valence-electron chi connectivity index (χ2n) is 4.19. The van der Waals surface area contributed by atoms with Crippen molar-refractivity contribution in [1.29, 1.82) is 0 Å². The van der Waals surface area contributed by atoms with Crippen molar-refractivity contribution in [2.45, 2.75) is 45.3 Å². The van der Waals surface area contributed by atoms with E-state index in [-0.39, 0.29) is 0 Å². The maximum atomic E-state index is 5.27. The quantitative estimate of drug-likeness (QED) is 0.738. The standard InChI is InChI=1S/C13H23NO2/c1-4-8-14-13(6-5-11(2)15-3)12-7-9-16-10-12/h7,9-11,13-14H,4-6,8H2,1-3H3. The Morgan fingerprint density at radius 3 is 2.81 bits per heavy atom. The summed E-state index contributed by atoms with van der Waals surface area (Å²) in [5, 5.41) is 3.54. The lowest BCUT2D eigenvalue weighted by molar-refractivity contribution is 0.106. The highest BCUT2D eigenvalue weighted by Gasteiger charge is 2.13. The lowest BCUT2D eigenvalue weighted by atomic mass is 10.0. The predicted molar refractivity (Wildman–Crippen MR) is 65.4 cm³/mol. The Morgan fingerprint density at radius 1 is 1.44 bits per heavy atom. The molecule has 0 bridgehead atoms. The predicted octanol–water partition coefficient (Wildman–Crippen LogP) is 3.14. The van der Waals surface area contributed by atoms with Crippen molar-refractivity contribution in [2.75, 3.05) is 13.7 Å². The number of hydrogen-bond donors (Lipinski definition) is 1. The molecule has 0 fully saturated rings. The minimum Gasteiger partial charge on any atom is -0.472 e. The van der Waals surface area contributed by atoms with Crippen LogP contribution in [-0.2, 0) is 4.74 Å². The van der Waals surface area contributed by atoms with Crippen molar-refractivity contribution in [3.05, 3.63) is 24.2 Å². The van der Waals surface area contributed by atoms with E-state index in [0.29, 0.717) is 12.1 Å². The highest BCUT2D eigenvalue weighted by molar-refractivity contribution is 5.11. The maximum Gasteiger partial charge on any atom is 0.0950 e. The third kappa shape index (κ3) is 4.37. The highest BCUT2D eigenvalue weighted by Crippen LogP contribution is 2.20. The van der Waals surface area contributed by atoms with Gasteiger partial charge in [0.2, 0.25) is 0 Å². The molecule has 0 aliphatic carbocycles. The molecule has 0 aliphatic heterocycles. The van der Waals surface area contributed by atoms with Crippen LogP contribution in [0.1, 0.15) is 44.7 Å². The summed E-state index contributed by atoms with van der Waals surface area (Å²) in [5.41, 5.74) is 1.23. The van der Waals surface area contributed by atoms with Crippen molar-refractivity contribution < 1.29 is 9.15 Å². The first-order valence-electron chi connectivity index (χ1n) is 6.06. The van der Waals surface area contributed by atoms with Gasteiger partial charge in [0.1, 0.15) is 0 Å². The molecule has 1 aromatic rings. The molecule has 2 unspecified atom stereocenters. The van der Waals surface area contributed by atoms with Crippen molar-refractivity contribution in [1.82, 2.24) is 5.32 Å². The third-order valence-corrected chi connectivity index (χ3v) is 2.85. The Hall–Kier alpha value is -0.800. The van der Waals surface area contributed by atoms with Crippen LogP contribution >= 0.6 is 0 Å². The second-order valence-corrected chi connectivity index (χ2v) is 4.19. The van der Waals surface area contributed by atoms with Gasteiger partial charge in [0.15, 0.2) is 0 Å². The van der Waals surface area contributed by atoms with Crippen LogP contribution < -0.4 is 5.32 Å². The Kier molecular flexibility index (Phi) is 6.19. The molecule has 1 N–H and O–H groups in total. The molecular weight excluding hydrogens is 202 g/mol. The largest absolute Gasteiger partial charge is 0.472 e. The van der Waals surface area contributed by atoms with E-state index in [2.05, 4.69) is 19.2 Å². The molecule has 0 radical (unpaired) electrons. The van der Waals surface area contributed by atoms with E-state index in [1.807, 2.05) is 12.3 Å². The topological polar surface area (TPSA) is 34.4 Å². The van der Waals surface area contributed by atoms with E-state index in [9.17, 15) is 0 Å². The molecule has 2 atom stereocenters. The SMILES string of the molecule is CCCNC(CCC(C)OC)c1ccoc1. The van der Waals surface area contributed by atoms with Crippen LogP contribution in [0.3, 0.4) is 0 Å². The number of furan rings is 1. The number of nitrogens with one attached hydrogen (secondary N) is 1. The third-order valence-electron chi connectivity index (χ3n) is 2.85. The van der Waals surface area contributed by atoms with Gasteiger partial charge in [-0.25, -0.2) is 0 Å². The molecule has 92 valence electrons. The van der Waals surface area contributed by atoms with Crippen LogP contribution in [0.5, 0.6) is 0 Å². The molecule has 1 rings (SSSR count). The lowest BCUT2D eigenvalue weighted by Crippen LogP contribution is -2.23. The second kappa shape index (κ2) is 7.47. The van der Waals surface area contributed by atoms with Crippen molar-refractivity contribution in [3.63, 3.8) is 0 Å². The molecule has 0 amide bonds. The molecule has 1 aromatic heterocycles. The molecule has 3 nitrogen and oxygen atoms in total. The van der Waals surface area contributed by atoms with E-state index < -0.39 is 0 Å². The van der Waals surface area contributed by atoms with E-state index >= 15 is 0 Å². The van der Waals surface area contributed by atoms with Gasteiger partial charge in [0.05, 0.1) is 18.6 Å². The van der Waals surface area contributed by atoms with Gasteiger partial charge >= 0.3 is 0 Å². The van der Waals surface area contributed by atoms with Crippen LogP contribution in [0.15, 0.2) is 23.0 Å². The first kappa shape index (κ1) is 13.3. The van der Waals surface area contributed by atoms with Gasteiger partial charge in [0.25, 0.3) is 0 Å². The Morgan fingerprint density at radius 2 is 2.25 bits per heavy atom. The zero-order chi connectivity index (χ0) is 11.8. The van der Waals surface area contributed by atoms with Crippen LogP contribution in [-0.4, -0.2) is 19.8 Å². The summed E-state index contributed by atoms with van der Waals surface area (Å²) in [4.78, 5) is 0.